The molecule has 118 valence electrons. The van der Waals surface area contributed by atoms with Crippen LogP contribution in [0.15, 0.2) is 54.0 Å². The van der Waals surface area contributed by atoms with Gasteiger partial charge in [0, 0.05) is 31.2 Å². The third-order valence-electron chi connectivity index (χ3n) is 3.09. The first kappa shape index (κ1) is 16.1. The van der Waals surface area contributed by atoms with Crippen molar-refractivity contribution in [2.24, 2.45) is 12.1 Å². The molecule has 0 aliphatic heterocycles. The average Bonchev–Trinajstić information content (AvgIpc) is 3.17. The highest BCUT2D eigenvalue weighted by molar-refractivity contribution is 5.94. The van der Waals surface area contributed by atoms with Crippen molar-refractivity contribution in [2.45, 2.75) is 0 Å². The molecule has 3 heterocycles. The second-order valence-electron chi connectivity index (χ2n) is 4.66. The summed E-state index contributed by atoms with van der Waals surface area (Å²) in [5, 5.41) is 10.7. The second-order valence-corrected chi connectivity index (χ2v) is 4.66. The lowest BCUT2D eigenvalue weighted by Gasteiger charge is -1.97. The first-order valence-corrected chi connectivity index (χ1v) is 6.64. The Bertz CT molecular complexity index is 806. The SMILES string of the molecule is Cn1cccc1-c1cc(C(=O)N/N=C/c2cccnc2)[nH]n1.O. The normalized spacial score (nSPS) is 10.5. The number of nitrogens with one attached hydrogen (secondary N) is 2. The minimum atomic E-state index is -0.354. The fourth-order valence-electron chi connectivity index (χ4n) is 1.97. The highest BCUT2D eigenvalue weighted by atomic mass is 16.2. The molecule has 0 radical (unpaired) electrons. The zero-order valence-corrected chi connectivity index (χ0v) is 12.4. The van der Waals surface area contributed by atoms with Crippen LogP contribution >= 0.6 is 0 Å². The van der Waals surface area contributed by atoms with Crippen LogP contribution in [0.5, 0.6) is 0 Å². The molecule has 0 aliphatic carbocycles. The van der Waals surface area contributed by atoms with Gasteiger partial charge in [-0.05, 0) is 24.3 Å². The number of amides is 1. The lowest BCUT2D eigenvalue weighted by atomic mass is 10.3. The van der Waals surface area contributed by atoms with E-state index in [4.69, 9.17) is 0 Å². The number of hydrogen-bond acceptors (Lipinski definition) is 4. The van der Waals surface area contributed by atoms with E-state index >= 15 is 0 Å². The minimum absolute atomic E-state index is 0. The Hall–Kier alpha value is -3.26. The monoisotopic (exact) mass is 312 g/mol. The number of carbonyl (C=O) groups excluding carboxylic acids is 1. The first-order valence-electron chi connectivity index (χ1n) is 6.64. The van der Waals surface area contributed by atoms with Crippen LogP contribution in [0.1, 0.15) is 16.1 Å². The molecule has 4 N–H and O–H groups in total. The predicted octanol–water partition coefficient (Wildman–Crippen LogP) is 0.749. The molecule has 3 aromatic heterocycles. The maximum absolute atomic E-state index is 12.0. The second kappa shape index (κ2) is 7.14. The van der Waals surface area contributed by atoms with Gasteiger partial charge in [-0.1, -0.05) is 6.07 Å². The van der Waals surface area contributed by atoms with Crippen LogP contribution in [0.2, 0.25) is 0 Å². The summed E-state index contributed by atoms with van der Waals surface area (Å²) in [5.41, 5.74) is 5.22. The zero-order valence-electron chi connectivity index (χ0n) is 12.4. The minimum Gasteiger partial charge on any atom is -0.412 e. The summed E-state index contributed by atoms with van der Waals surface area (Å²) in [5.74, 6) is -0.354. The van der Waals surface area contributed by atoms with E-state index in [1.54, 1.807) is 24.5 Å². The quantitative estimate of drug-likeness (QED) is 0.546. The average molecular weight is 312 g/mol. The summed E-state index contributed by atoms with van der Waals surface area (Å²) in [6.07, 6.45) is 6.77. The van der Waals surface area contributed by atoms with Gasteiger partial charge in [0.2, 0.25) is 0 Å². The van der Waals surface area contributed by atoms with Gasteiger partial charge in [-0.15, -0.1) is 0 Å². The zero-order chi connectivity index (χ0) is 15.4. The fourth-order valence-corrected chi connectivity index (χ4v) is 1.97. The first-order chi connectivity index (χ1) is 10.7. The van der Waals surface area contributed by atoms with Gasteiger partial charge in [0.1, 0.15) is 11.4 Å². The molecule has 1 amide bonds. The van der Waals surface area contributed by atoms with Crippen LogP contribution < -0.4 is 5.43 Å². The van der Waals surface area contributed by atoms with Crippen molar-refractivity contribution < 1.29 is 10.3 Å². The van der Waals surface area contributed by atoms with Crippen LogP contribution in [0.25, 0.3) is 11.4 Å². The van der Waals surface area contributed by atoms with Gasteiger partial charge in [0.15, 0.2) is 0 Å². The van der Waals surface area contributed by atoms with Gasteiger partial charge in [-0.2, -0.15) is 10.2 Å². The molecule has 0 aromatic carbocycles. The number of aryl methyl sites for hydroxylation is 1. The highest BCUT2D eigenvalue weighted by Gasteiger charge is 2.11. The number of hydrogen-bond donors (Lipinski definition) is 2. The van der Waals surface area contributed by atoms with Crippen LogP contribution in [0, 0.1) is 0 Å². The third kappa shape index (κ3) is 3.69. The molecular formula is C15H16N6O2. The largest absolute Gasteiger partial charge is 0.412 e. The Labute approximate surface area is 132 Å². The van der Waals surface area contributed by atoms with E-state index in [9.17, 15) is 4.79 Å². The van der Waals surface area contributed by atoms with Crippen molar-refractivity contribution >= 4 is 12.1 Å². The van der Waals surface area contributed by atoms with Crippen molar-refractivity contribution in [3.8, 4) is 11.4 Å². The summed E-state index contributed by atoms with van der Waals surface area (Å²) in [4.78, 5) is 15.9. The summed E-state index contributed by atoms with van der Waals surface area (Å²) in [7, 11) is 1.92. The molecule has 0 aliphatic rings. The molecular weight excluding hydrogens is 296 g/mol. The van der Waals surface area contributed by atoms with Crippen LogP contribution in [-0.4, -0.2) is 37.3 Å². The molecule has 0 spiro atoms. The van der Waals surface area contributed by atoms with Gasteiger partial charge >= 0.3 is 0 Å². The van der Waals surface area contributed by atoms with Crippen LogP contribution in [0.4, 0.5) is 0 Å². The number of rotatable bonds is 4. The molecule has 0 bridgehead atoms. The van der Waals surface area contributed by atoms with Crippen molar-refractivity contribution in [1.82, 2.24) is 25.2 Å². The maximum Gasteiger partial charge on any atom is 0.289 e. The predicted molar refractivity (Wildman–Crippen MR) is 85.9 cm³/mol. The summed E-state index contributed by atoms with van der Waals surface area (Å²) >= 11 is 0. The topological polar surface area (TPSA) is 119 Å². The summed E-state index contributed by atoms with van der Waals surface area (Å²) < 4.78 is 1.93. The molecule has 8 nitrogen and oxygen atoms in total. The van der Waals surface area contributed by atoms with Crippen molar-refractivity contribution in [3.05, 3.63) is 60.2 Å². The number of carbonyl (C=O) groups is 1. The van der Waals surface area contributed by atoms with E-state index in [0.29, 0.717) is 11.4 Å². The lowest BCUT2D eigenvalue weighted by molar-refractivity contribution is 0.0950. The molecule has 3 aromatic rings. The van der Waals surface area contributed by atoms with Gasteiger partial charge in [0.25, 0.3) is 5.91 Å². The lowest BCUT2D eigenvalue weighted by Crippen LogP contribution is -2.18. The third-order valence-corrected chi connectivity index (χ3v) is 3.09. The number of aromatic nitrogens is 4. The molecule has 0 atom stereocenters. The van der Waals surface area contributed by atoms with Crippen molar-refractivity contribution in [1.29, 1.82) is 0 Å². The van der Waals surface area contributed by atoms with Crippen molar-refractivity contribution in [2.75, 3.05) is 0 Å². The van der Waals surface area contributed by atoms with Crippen LogP contribution in [-0.2, 0) is 7.05 Å². The smallest absolute Gasteiger partial charge is 0.289 e. The Balaban J connectivity index is 0.00000192. The van der Waals surface area contributed by atoms with Crippen LogP contribution in [0.3, 0.4) is 0 Å². The van der Waals surface area contributed by atoms with Gasteiger partial charge in [-0.25, -0.2) is 5.43 Å². The molecule has 0 fully saturated rings. The van der Waals surface area contributed by atoms with E-state index in [-0.39, 0.29) is 11.4 Å². The van der Waals surface area contributed by atoms with Crippen molar-refractivity contribution in [3.63, 3.8) is 0 Å². The maximum atomic E-state index is 12.0. The summed E-state index contributed by atoms with van der Waals surface area (Å²) in [6.45, 7) is 0. The number of aromatic amines is 1. The molecule has 8 heteroatoms. The standard InChI is InChI=1S/C15H14N6O.H2O/c1-21-7-3-5-14(21)12-8-13(19-18-12)15(22)20-17-10-11-4-2-6-16-9-11;/h2-10H,1H3,(H,18,19)(H,20,22);1H2/b17-10+;. The Morgan fingerprint density at radius 1 is 1.39 bits per heavy atom. The van der Waals surface area contributed by atoms with E-state index in [1.807, 2.05) is 36.0 Å². The molecule has 0 unspecified atom stereocenters. The number of hydrazone groups is 1. The Morgan fingerprint density at radius 2 is 2.26 bits per heavy atom. The molecule has 0 saturated heterocycles. The van der Waals surface area contributed by atoms with Gasteiger partial charge in [-0.3, -0.25) is 14.9 Å². The van der Waals surface area contributed by atoms with E-state index < -0.39 is 0 Å². The molecule has 23 heavy (non-hydrogen) atoms. The van der Waals surface area contributed by atoms with E-state index in [2.05, 4.69) is 25.7 Å². The Morgan fingerprint density at radius 3 is 2.96 bits per heavy atom. The van der Waals surface area contributed by atoms with E-state index in [1.165, 1.54) is 6.21 Å². The number of H-pyrrole nitrogens is 1. The highest BCUT2D eigenvalue weighted by Crippen LogP contribution is 2.17. The Kier molecular flexibility index (Phi) is 5.00. The molecule has 3 rings (SSSR count). The number of nitrogens with zero attached hydrogens (tertiary/aromatic N) is 4. The number of pyridine rings is 1. The van der Waals surface area contributed by atoms with E-state index in [0.717, 1.165) is 11.3 Å². The van der Waals surface area contributed by atoms with Gasteiger partial charge in [0.05, 0.1) is 11.9 Å². The molecule has 0 saturated carbocycles. The fraction of sp³-hybridized carbons (Fsp3) is 0.0667. The summed E-state index contributed by atoms with van der Waals surface area (Å²) in [6, 6.07) is 9.17. The van der Waals surface area contributed by atoms with Gasteiger partial charge < -0.3 is 10.0 Å².